The minimum absolute atomic E-state index is 0.0975. The molecule has 25 heavy (non-hydrogen) atoms. The second kappa shape index (κ2) is 8.70. The highest BCUT2D eigenvalue weighted by Gasteiger charge is 2.40. The zero-order valence-electron chi connectivity index (χ0n) is 14.2. The maximum Gasteiger partial charge on any atom is 0.392 e. The Morgan fingerprint density at radius 3 is 1.72 bits per heavy atom. The summed E-state index contributed by atoms with van der Waals surface area (Å²) in [5.41, 5.74) is 1.79. The summed E-state index contributed by atoms with van der Waals surface area (Å²) in [5, 5.41) is 0. The maximum absolute atomic E-state index is 13.0. The molecule has 0 radical (unpaired) electrons. The van der Waals surface area contributed by atoms with Crippen molar-refractivity contribution < 1.29 is 18.0 Å². The van der Waals surface area contributed by atoms with Gasteiger partial charge in [0, 0.05) is 19.5 Å². The number of amides is 1. The first-order valence-electron chi connectivity index (χ1n) is 8.32. The zero-order chi connectivity index (χ0) is 18.3. The smallest absolute Gasteiger partial charge is 0.334 e. The normalized spacial score (nSPS) is 12.6. The minimum Gasteiger partial charge on any atom is -0.334 e. The van der Waals surface area contributed by atoms with Gasteiger partial charge in [-0.1, -0.05) is 67.6 Å². The third-order valence-corrected chi connectivity index (χ3v) is 4.16. The van der Waals surface area contributed by atoms with Gasteiger partial charge in [0.15, 0.2) is 0 Å². The molecule has 2 nitrogen and oxygen atoms in total. The van der Waals surface area contributed by atoms with Gasteiger partial charge in [-0.2, -0.15) is 13.2 Å². The second-order valence-electron chi connectivity index (χ2n) is 6.07. The molecular formula is C20H22F3NO. The fourth-order valence-electron chi connectivity index (χ4n) is 2.67. The number of rotatable bonds is 7. The van der Waals surface area contributed by atoms with E-state index in [2.05, 4.69) is 0 Å². The summed E-state index contributed by atoms with van der Waals surface area (Å²) in [4.78, 5) is 14.1. The summed E-state index contributed by atoms with van der Waals surface area (Å²) in [6, 6.07) is 18.6. The Morgan fingerprint density at radius 2 is 1.36 bits per heavy atom. The van der Waals surface area contributed by atoms with Crippen molar-refractivity contribution in [2.75, 3.05) is 0 Å². The van der Waals surface area contributed by atoms with E-state index in [9.17, 15) is 18.0 Å². The molecule has 0 saturated carbocycles. The van der Waals surface area contributed by atoms with E-state index in [1.165, 1.54) is 11.8 Å². The summed E-state index contributed by atoms with van der Waals surface area (Å²) >= 11 is 0. The second-order valence-corrected chi connectivity index (χ2v) is 6.07. The molecule has 0 aliphatic carbocycles. The number of hydrogen-bond donors (Lipinski definition) is 0. The van der Waals surface area contributed by atoms with E-state index >= 15 is 0 Å². The Morgan fingerprint density at radius 1 is 0.920 bits per heavy atom. The lowest BCUT2D eigenvalue weighted by molar-refractivity contribution is -0.182. The van der Waals surface area contributed by atoms with E-state index in [0.717, 1.165) is 11.1 Å². The van der Waals surface area contributed by atoms with Crippen molar-refractivity contribution in [2.24, 2.45) is 5.92 Å². The van der Waals surface area contributed by atoms with Gasteiger partial charge in [0.2, 0.25) is 5.91 Å². The molecular weight excluding hydrogens is 327 g/mol. The monoisotopic (exact) mass is 349 g/mol. The lowest BCUT2D eigenvalue weighted by atomic mass is 10.0. The van der Waals surface area contributed by atoms with Crippen molar-refractivity contribution in [3.63, 3.8) is 0 Å². The standard InChI is InChI=1S/C20H22F3NO/c1-2-18(20(21,22)23)13-19(25)24(14-16-9-5-3-6-10-16)15-17-11-7-4-8-12-17/h3-12,18H,2,13-15H2,1H3. The van der Waals surface area contributed by atoms with Gasteiger partial charge in [0.05, 0.1) is 5.92 Å². The van der Waals surface area contributed by atoms with E-state index < -0.39 is 24.4 Å². The van der Waals surface area contributed by atoms with Gasteiger partial charge in [-0.15, -0.1) is 0 Å². The molecule has 0 aliphatic heterocycles. The lowest BCUT2D eigenvalue weighted by Crippen LogP contribution is -2.34. The predicted octanol–water partition coefficient (Wildman–Crippen LogP) is 5.19. The third-order valence-electron chi connectivity index (χ3n) is 4.16. The SMILES string of the molecule is CCC(CC(=O)N(Cc1ccccc1)Cc1ccccc1)C(F)(F)F. The van der Waals surface area contributed by atoms with E-state index in [0.29, 0.717) is 13.1 Å². The topological polar surface area (TPSA) is 20.3 Å². The van der Waals surface area contributed by atoms with Crippen molar-refractivity contribution in [2.45, 2.75) is 39.0 Å². The van der Waals surface area contributed by atoms with Gasteiger partial charge in [0.25, 0.3) is 0 Å². The minimum atomic E-state index is -4.35. The summed E-state index contributed by atoms with van der Waals surface area (Å²) in [6.45, 7) is 2.05. The van der Waals surface area contributed by atoms with Crippen LogP contribution in [0.1, 0.15) is 30.9 Å². The molecule has 5 heteroatoms. The van der Waals surface area contributed by atoms with Crippen LogP contribution in [0, 0.1) is 5.92 Å². The summed E-state index contributed by atoms with van der Waals surface area (Å²) in [5.74, 6) is -2.08. The first-order valence-corrected chi connectivity index (χ1v) is 8.32. The van der Waals surface area contributed by atoms with E-state index in [-0.39, 0.29) is 6.42 Å². The Labute approximate surface area is 146 Å². The zero-order valence-corrected chi connectivity index (χ0v) is 14.2. The number of carbonyl (C=O) groups excluding carboxylic acids is 1. The fraction of sp³-hybridized carbons (Fsp3) is 0.350. The van der Waals surface area contributed by atoms with Crippen LogP contribution in [-0.4, -0.2) is 17.0 Å². The van der Waals surface area contributed by atoms with Gasteiger partial charge in [0.1, 0.15) is 0 Å². The summed E-state index contributed by atoms with van der Waals surface area (Å²) in [6.07, 6.45) is -4.96. The largest absolute Gasteiger partial charge is 0.392 e. The number of benzene rings is 2. The predicted molar refractivity (Wildman–Crippen MR) is 91.6 cm³/mol. The maximum atomic E-state index is 13.0. The Kier molecular flexibility index (Phi) is 6.62. The van der Waals surface area contributed by atoms with Crippen LogP contribution in [0.4, 0.5) is 13.2 Å². The molecule has 0 heterocycles. The number of hydrogen-bond acceptors (Lipinski definition) is 1. The van der Waals surface area contributed by atoms with Gasteiger partial charge in [-0.25, -0.2) is 0 Å². The van der Waals surface area contributed by atoms with Crippen LogP contribution in [0.3, 0.4) is 0 Å². The molecule has 1 unspecified atom stereocenters. The third kappa shape index (κ3) is 5.93. The summed E-state index contributed by atoms with van der Waals surface area (Å²) in [7, 11) is 0. The number of alkyl halides is 3. The molecule has 134 valence electrons. The highest BCUT2D eigenvalue weighted by molar-refractivity contribution is 5.76. The average molecular weight is 349 g/mol. The van der Waals surface area contributed by atoms with Crippen molar-refractivity contribution in [1.82, 2.24) is 4.90 Å². The molecule has 1 amide bonds. The van der Waals surface area contributed by atoms with Crippen LogP contribution in [0.2, 0.25) is 0 Å². The van der Waals surface area contributed by atoms with Crippen LogP contribution >= 0.6 is 0 Å². The van der Waals surface area contributed by atoms with Gasteiger partial charge in [-0.3, -0.25) is 4.79 Å². The molecule has 0 aromatic heterocycles. The van der Waals surface area contributed by atoms with Crippen LogP contribution < -0.4 is 0 Å². The van der Waals surface area contributed by atoms with Gasteiger partial charge < -0.3 is 4.90 Å². The van der Waals surface area contributed by atoms with Gasteiger partial charge in [-0.05, 0) is 17.5 Å². The van der Waals surface area contributed by atoms with Crippen LogP contribution in [0.15, 0.2) is 60.7 Å². The van der Waals surface area contributed by atoms with Crippen molar-refractivity contribution in [1.29, 1.82) is 0 Å². The van der Waals surface area contributed by atoms with E-state index in [4.69, 9.17) is 0 Å². The van der Waals surface area contributed by atoms with Crippen LogP contribution in [0.25, 0.3) is 0 Å². The molecule has 0 saturated heterocycles. The number of nitrogens with zero attached hydrogens (tertiary/aromatic N) is 1. The van der Waals surface area contributed by atoms with Crippen LogP contribution in [-0.2, 0) is 17.9 Å². The fourth-order valence-corrected chi connectivity index (χ4v) is 2.67. The molecule has 2 aromatic rings. The van der Waals surface area contributed by atoms with Crippen molar-refractivity contribution >= 4 is 5.91 Å². The Bertz CT molecular complexity index is 614. The highest BCUT2D eigenvalue weighted by Crippen LogP contribution is 2.32. The molecule has 2 rings (SSSR count). The molecule has 0 N–H and O–H groups in total. The van der Waals surface area contributed by atoms with Crippen molar-refractivity contribution in [3.05, 3.63) is 71.8 Å². The lowest BCUT2D eigenvalue weighted by Gasteiger charge is -2.26. The highest BCUT2D eigenvalue weighted by atomic mass is 19.4. The molecule has 1 atom stereocenters. The number of halogens is 3. The molecule has 0 aliphatic rings. The first kappa shape index (κ1) is 19.0. The molecule has 0 spiro atoms. The molecule has 0 bridgehead atoms. The van der Waals surface area contributed by atoms with Crippen LogP contribution in [0.5, 0.6) is 0 Å². The summed E-state index contributed by atoms with van der Waals surface area (Å²) < 4.78 is 39.1. The van der Waals surface area contributed by atoms with Gasteiger partial charge >= 0.3 is 6.18 Å². The molecule has 0 fully saturated rings. The Balaban J connectivity index is 2.16. The Hall–Kier alpha value is -2.30. The quantitative estimate of drug-likeness (QED) is 0.673. The molecule has 2 aromatic carbocycles. The average Bonchev–Trinajstić information content (AvgIpc) is 2.59. The van der Waals surface area contributed by atoms with E-state index in [1.807, 2.05) is 60.7 Å². The van der Waals surface area contributed by atoms with E-state index in [1.54, 1.807) is 0 Å². The number of carbonyl (C=O) groups is 1. The first-order chi connectivity index (χ1) is 11.9. The van der Waals surface area contributed by atoms with Crippen molar-refractivity contribution in [3.8, 4) is 0 Å².